The highest BCUT2D eigenvalue weighted by atomic mass is 16.5. The van der Waals surface area contributed by atoms with E-state index in [4.69, 9.17) is 14.2 Å². The first-order chi connectivity index (χ1) is 18.8. The molecule has 0 N–H and O–H groups in total. The Labute approximate surface area is 231 Å². The van der Waals surface area contributed by atoms with Crippen LogP contribution in [0.4, 0.5) is 0 Å². The van der Waals surface area contributed by atoms with Crippen molar-refractivity contribution in [1.82, 2.24) is 0 Å². The zero-order valence-electron chi connectivity index (χ0n) is 23.4. The van der Waals surface area contributed by atoms with E-state index in [-0.39, 0.29) is 36.3 Å². The van der Waals surface area contributed by atoms with Crippen LogP contribution in [0.2, 0.25) is 0 Å². The topological polar surface area (TPSA) is 61.8 Å². The van der Waals surface area contributed by atoms with Crippen molar-refractivity contribution in [2.45, 2.75) is 72.7 Å². The summed E-state index contributed by atoms with van der Waals surface area (Å²) >= 11 is 0. The molecule has 0 aliphatic carbocycles. The van der Waals surface area contributed by atoms with Crippen molar-refractivity contribution in [3.05, 3.63) is 107 Å². The van der Waals surface area contributed by atoms with Gasteiger partial charge < -0.3 is 14.2 Å². The second-order valence-electron chi connectivity index (χ2n) is 10.8. The number of hydrogen-bond acceptors (Lipinski definition) is 5. The lowest BCUT2D eigenvalue weighted by Gasteiger charge is -2.31. The third-order valence-corrected chi connectivity index (χ3v) is 7.47. The number of Topliss-reactive ketones (excluding diaryl/α,β-unsaturated/α-hetero) is 1. The minimum absolute atomic E-state index is 0.0529. The molecule has 0 fully saturated rings. The van der Waals surface area contributed by atoms with Gasteiger partial charge in [-0.15, -0.1) is 0 Å². The Balaban J connectivity index is 1.77. The summed E-state index contributed by atoms with van der Waals surface area (Å²) in [6, 6.07) is 23.2. The fourth-order valence-electron chi connectivity index (χ4n) is 4.65. The molecule has 3 aromatic carbocycles. The van der Waals surface area contributed by atoms with E-state index < -0.39 is 0 Å². The van der Waals surface area contributed by atoms with Gasteiger partial charge in [-0.05, 0) is 54.5 Å². The average molecular weight is 527 g/mol. The third kappa shape index (κ3) is 7.38. The Bertz CT molecular complexity index is 1310. The lowest BCUT2D eigenvalue weighted by atomic mass is 9.81. The largest absolute Gasteiger partial charge is 0.489 e. The molecule has 0 radical (unpaired) electrons. The van der Waals surface area contributed by atoms with Crippen LogP contribution in [0.1, 0.15) is 74.0 Å². The van der Waals surface area contributed by atoms with E-state index in [1.54, 1.807) is 12.1 Å². The van der Waals surface area contributed by atoms with Gasteiger partial charge in [0.15, 0.2) is 5.78 Å². The van der Waals surface area contributed by atoms with E-state index in [2.05, 4.69) is 13.8 Å². The first kappa shape index (κ1) is 28.2. The monoisotopic (exact) mass is 526 g/mol. The van der Waals surface area contributed by atoms with Crippen LogP contribution in [0.3, 0.4) is 0 Å². The minimum Gasteiger partial charge on any atom is -0.489 e. The van der Waals surface area contributed by atoms with Crippen LogP contribution in [0.15, 0.2) is 84.4 Å². The molecule has 5 heteroatoms. The van der Waals surface area contributed by atoms with Crippen molar-refractivity contribution >= 4 is 11.8 Å². The van der Waals surface area contributed by atoms with E-state index in [0.29, 0.717) is 35.7 Å². The number of ether oxygens (including phenoxy) is 3. The second kappa shape index (κ2) is 12.8. The molecule has 39 heavy (non-hydrogen) atoms. The molecule has 5 nitrogen and oxygen atoms in total. The van der Waals surface area contributed by atoms with E-state index in [9.17, 15) is 9.59 Å². The Morgan fingerprint density at radius 1 is 0.897 bits per heavy atom. The van der Waals surface area contributed by atoms with Crippen LogP contribution in [0.25, 0.3) is 0 Å². The highest BCUT2D eigenvalue weighted by molar-refractivity contribution is 6.12. The number of ketones is 1. The van der Waals surface area contributed by atoms with Crippen LogP contribution in [0, 0.1) is 5.41 Å². The van der Waals surface area contributed by atoms with Gasteiger partial charge in [-0.1, -0.05) is 87.5 Å². The maximum atomic E-state index is 14.0. The summed E-state index contributed by atoms with van der Waals surface area (Å²) in [7, 11) is 0. The van der Waals surface area contributed by atoms with Gasteiger partial charge in [0, 0.05) is 11.5 Å². The molecule has 1 atom stereocenters. The molecule has 204 valence electrons. The summed E-state index contributed by atoms with van der Waals surface area (Å²) in [6.45, 7) is 8.74. The number of carbonyl (C=O) groups excluding carboxylic acids is 2. The number of cyclic esters (lactones) is 1. The molecule has 0 bridgehead atoms. The Morgan fingerprint density at radius 2 is 1.51 bits per heavy atom. The molecule has 0 spiro atoms. The maximum absolute atomic E-state index is 14.0. The van der Waals surface area contributed by atoms with Gasteiger partial charge in [-0.3, -0.25) is 9.59 Å². The summed E-state index contributed by atoms with van der Waals surface area (Å²) < 4.78 is 18.3. The Kier molecular flexibility index (Phi) is 9.23. The molecule has 0 amide bonds. The Hall–Kier alpha value is -3.86. The fraction of sp³-hybridized carbons (Fsp3) is 0.353. The summed E-state index contributed by atoms with van der Waals surface area (Å²) in [5.74, 6) is 0.441. The molecule has 1 heterocycles. The van der Waals surface area contributed by atoms with Gasteiger partial charge in [0.05, 0.1) is 12.0 Å². The van der Waals surface area contributed by atoms with E-state index in [1.165, 1.54) is 0 Å². The smallest absolute Gasteiger partial charge is 0.310 e. The second-order valence-corrected chi connectivity index (χ2v) is 10.8. The number of rotatable bonds is 7. The van der Waals surface area contributed by atoms with E-state index in [1.807, 2.05) is 80.6 Å². The first-order valence-electron chi connectivity index (χ1n) is 13.7. The van der Waals surface area contributed by atoms with Gasteiger partial charge in [-0.2, -0.15) is 0 Å². The summed E-state index contributed by atoms with van der Waals surface area (Å²) in [6.07, 6.45) is 3.82. The summed E-state index contributed by atoms with van der Waals surface area (Å²) in [4.78, 5) is 27.2. The molecule has 0 aromatic heterocycles. The van der Waals surface area contributed by atoms with Crippen LogP contribution < -0.4 is 9.47 Å². The summed E-state index contributed by atoms with van der Waals surface area (Å²) in [5, 5.41) is 0. The molecule has 1 aliphatic heterocycles. The molecule has 0 unspecified atom stereocenters. The SMILES string of the molecule is CC/C1=C\CCC(C)(C)[C@@H](C)OC(=O)Cc2cc(OCc3ccccc3)cc(OCc3ccccc3)c2C1=O. The van der Waals surface area contributed by atoms with Crippen molar-refractivity contribution in [2.75, 3.05) is 0 Å². The van der Waals surface area contributed by atoms with Crippen molar-refractivity contribution < 1.29 is 23.8 Å². The van der Waals surface area contributed by atoms with Crippen molar-refractivity contribution in [3.63, 3.8) is 0 Å². The van der Waals surface area contributed by atoms with Gasteiger partial charge in [0.1, 0.15) is 30.8 Å². The minimum atomic E-state index is -0.374. The highest BCUT2D eigenvalue weighted by Crippen LogP contribution is 2.35. The van der Waals surface area contributed by atoms with Gasteiger partial charge in [-0.25, -0.2) is 0 Å². The van der Waals surface area contributed by atoms with Crippen LogP contribution in [-0.2, 0) is 29.2 Å². The highest BCUT2D eigenvalue weighted by Gasteiger charge is 2.31. The quantitative estimate of drug-likeness (QED) is 0.296. The number of hydrogen-bond donors (Lipinski definition) is 0. The number of allylic oxidation sites excluding steroid dienone is 2. The zero-order valence-corrected chi connectivity index (χ0v) is 23.4. The molecule has 1 aliphatic rings. The van der Waals surface area contributed by atoms with Gasteiger partial charge >= 0.3 is 5.97 Å². The fourth-order valence-corrected chi connectivity index (χ4v) is 4.65. The molecule has 4 rings (SSSR count). The standard InChI is InChI=1S/C34H38O5/c1-5-27-17-12-18-34(3,4)24(2)39-31(35)20-28-19-29(37-22-25-13-8-6-9-14-25)21-30(32(28)33(27)36)38-23-26-15-10-7-11-16-26/h6-11,13-17,19,21,24H,5,12,18,20,22-23H2,1-4H3/b27-17+/t24-/m1/s1. The number of esters is 1. The average Bonchev–Trinajstić information content (AvgIpc) is 2.93. The maximum Gasteiger partial charge on any atom is 0.310 e. The van der Waals surface area contributed by atoms with Crippen LogP contribution >= 0.6 is 0 Å². The predicted octanol–water partition coefficient (Wildman–Crippen LogP) is 7.66. The number of carbonyl (C=O) groups is 2. The molecular formula is C34H38O5. The molecule has 0 saturated carbocycles. The van der Waals surface area contributed by atoms with Crippen LogP contribution in [-0.4, -0.2) is 17.9 Å². The number of benzene rings is 3. The number of fused-ring (bicyclic) bond motifs is 1. The van der Waals surface area contributed by atoms with Crippen molar-refractivity contribution in [1.29, 1.82) is 0 Å². The zero-order chi connectivity index (χ0) is 27.8. The lowest BCUT2D eigenvalue weighted by Crippen LogP contribution is -2.32. The van der Waals surface area contributed by atoms with Gasteiger partial charge in [0.2, 0.25) is 0 Å². The van der Waals surface area contributed by atoms with E-state index >= 15 is 0 Å². The summed E-state index contributed by atoms with van der Waals surface area (Å²) in [5.41, 5.74) is 3.43. The predicted molar refractivity (Wildman–Crippen MR) is 153 cm³/mol. The van der Waals surface area contributed by atoms with Crippen LogP contribution in [0.5, 0.6) is 11.5 Å². The Morgan fingerprint density at radius 3 is 2.13 bits per heavy atom. The molecule has 3 aromatic rings. The van der Waals surface area contributed by atoms with Crippen molar-refractivity contribution in [2.24, 2.45) is 5.41 Å². The van der Waals surface area contributed by atoms with E-state index in [0.717, 1.165) is 29.5 Å². The molecule has 0 saturated heterocycles. The van der Waals surface area contributed by atoms with Crippen molar-refractivity contribution in [3.8, 4) is 11.5 Å². The third-order valence-electron chi connectivity index (χ3n) is 7.47. The first-order valence-corrected chi connectivity index (χ1v) is 13.7. The lowest BCUT2D eigenvalue weighted by molar-refractivity contribution is -0.153. The van der Waals surface area contributed by atoms with Gasteiger partial charge in [0.25, 0.3) is 0 Å². The molecular weight excluding hydrogens is 488 g/mol. The normalized spacial score (nSPS) is 19.0.